The van der Waals surface area contributed by atoms with Crippen molar-refractivity contribution in [2.45, 2.75) is 26.3 Å². The third kappa shape index (κ3) is 4.81. The number of nitro benzene ring substituents is 1. The van der Waals surface area contributed by atoms with Gasteiger partial charge in [-0.05, 0) is 19.2 Å². The number of hydrogen-bond acceptors (Lipinski definition) is 5. The Morgan fingerprint density at radius 3 is 2.50 bits per heavy atom. The molecule has 0 fully saturated rings. The first-order valence-electron chi connectivity index (χ1n) is 6.90. The number of nitrogens with zero attached hydrogens (tertiary/aromatic N) is 2. The van der Waals surface area contributed by atoms with Crippen LogP contribution >= 0.6 is 0 Å². The van der Waals surface area contributed by atoms with Crippen LogP contribution in [0.2, 0.25) is 0 Å². The van der Waals surface area contributed by atoms with Crippen LogP contribution in [0.3, 0.4) is 0 Å². The Labute approximate surface area is 127 Å². The summed E-state index contributed by atoms with van der Waals surface area (Å²) in [6.45, 7) is 4.66. The average molecular weight is 309 g/mol. The molecule has 1 unspecified atom stereocenters. The van der Waals surface area contributed by atoms with Crippen LogP contribution in [0.15, 0.2) is 24.3 Å². The van der Waals surface area contributed by atoms with E-state index in [1.165, 1.54) is 24.3 Å². The second-order valence-corrected chi connectivity index (χ2v) is 4.63. The molecule has 120 valence electrons. The zero-order valence-corrected chi connectivity index (χ0v) is 12.5. The molecular weight excluding hydrogens is 290 g/mol. The quantitative estimate of drug-likeness (QED) is 0.558. The maximum Gasteiger partial charge on any atom is 0.321 e. The molecule has 0 spiro atoms. The van der Waals surface area contributed by atoms with Gasteiger partial charge in [-0.15, -0.1) is 0 Å². The number of nitro groups is 1. The molecule has 8 nitrogen and oxygen atoms in total. The van der Waals surface area contributed by atoms with E-state index < -0.39 is 22.8 Å². The number of amides is 1. The monoisotopic (exact) mass is 309 g/mol. The van der Waals surface area contributed by atoms with Crippen molar-refractivity contribution in [3.63, 3.8) is 0 Å². The van der Waals surface area contributed by atoms with Crippen LogP contribution in [0.1, 0.15) is 20.3 Å². The zero-order valence-electron chi connectivity index (χ0n) is 12.5. The molecule has 0 saturated carbocycles. The Hall–Kier alpha value is -2.48. The van der Waals surface area contributed by atoms with Gasteiger partial charge >= 0.3 is 5.97 Å². The van der Waals surface area contributed by atoms with Crippen LogP contribution in [0, 0.1) is 10.1 Å². The van der Waals surface area contributed by atoms with Crippen LogP contribution < -0.4 is 5.32 Å². The number of carbonyl (C=O) groups excluding carboxylic acids is 1. The summed E-state index contributed by atoms with van der Waals surface area (Å²) in [6.07, 6.45) is -0.223. The Kier molecular flexibility index (Phi) is 6.46. The lowest BCUT2D eigenvalue weighted by Crippen LogP contribution is -2.43. The molecule has 1 amide bonds. The lowest BCUT2D eigenvalue weighted by molar-refractivity contribution is -0.384. The number of non-ortho nitro benzene ring substituents is 1. The van der Waals surface area contributed by atoms with Crippen molar-refractivity contribution in [1.82, 2.24) is 4.90 Å². The van der Waals surface area contributed by atoms with Crippen LogP contribution in [-0.2, 0) is 9.59 Å². The minimum atomic E-state index is -1.07. The first-order chi connectivity index (χ1) is 10.4. The van der Waals surface area contributed by atoms with Crippen LogP contribution in [0.5, 0.6) is 0 Å². The van der Waals surface area contributed by atoms with Crippen LogP contribution in [-0.4, -0.2) is 45.9 Å². The lowest BCUT2D eigenvalue weighted by Gasteiger charge is -2.25. The van der Waals surface area contributed by atoms with Crippen LogP contribution in [0.4, 0.5) is 11.4 Å². The van der Waals surface area contributed by atoms with Gasteiger partial charge in [0.05, 0.1) is 11.3 Å². The molecule has 1 aromatic rings. The maximum absolute atomic E-state index is 12.0. The van der Waals surface area contributed by atoms with Crippen molar-refractivity contribution in [1.29, 1.82) is 0 Å². The Morgan fingerprint density at radius 1 is 1.36 bits per heavy atom. The van der Waals surface area contributed by atoms with Crippen molar-refractivity contribution in [3.05, 3.63) is 34.4 Å². The second-order valence-electron chi connectivity index (χ2n) is 4.63. The minimum absolute atomic E-state index is 0.142. The van der Waals surface area contributed by atoms with E-state index in [1.807, 2.05) is 13.8 Å². The summed E-state index contributed by atoms with van der Waals surface area (Å²) in [5, 5.41) is 22.4. The summed E-state index contributed by atoms with van der Waals surface area (Å²) in [4.78, 5) is 35.0. The van der Waals surface area contributed by atoms with E-state index in [2.05, 4.69) is 5.32 Å². The molecule has 1 atom stereocenters. The van der Waals surface area contributed by atoms with E-state index in [0.29, 0.717) is 13.1 Å². The summed E-state index contributed by atoms with van der Waals surface area (Å²) in [6, 6.07) is 4.58. The number of anilines is 1. The average Bonchev–Trinajstić information content (AvgIpc) is 2.47. The van der Waals surface area contributed by atoms with Gasteiger partial charge in [-0.2, -0.15) is 0 Å². The molecule has 0 aliphatic heterocycles. The molecule has 8 heteroatoms. The smallest absolute Gasteiger partial charge is 0.321 e. The van der Waals surface area contributed by atoms with Gasteiger partial charge in [-0.1, -0.05) is 19.9 Å². The first-order valence-corrected chi connectivity index (χ1v) is 6.90. The van der Waals surface area contributed by atoms with Gasteiger partial charge in [0.15, 0.2) is 0 Å². The van der Waals surface area contributed by atoms with Gasteiger partial charge in [0.1, 0.15) is 6.04 Å². The fraction of sp³-hybridized carbons (Fsp3) is 0.429. The topological polar surface area (TPSA) is 113 Å². The fourth-order valence-electron chi connectivity index (χ4n) is 2.12. The van der Waals surface area contributed by atoms with Crippen molar-refractivity contribution in [3.8, 4) is 0 Å². The molecule has 0 bridgehead atoms. The van der Waals surface area contributed by atoms with E-state index in [0.717, 1.165) is 0 Å². The molecule has 0 heterocycles. The van der Waals surface area contributed by atoms with E-state index in [-0.39, 0.29) is 17.8 Å². The zero-order chi connectivity index (χ0) is 16.7. The number of carboxylic acid groups (broad SMARTS) is 1. The summed E-state index contributed by atoms with van der Waals surface area (Å²) in [5.41, 5.74) is 0.124. The first kappa shape index (κ1) is 17.6. The number of likely N-dealkylation sites (N-methyl/N-ethyl adjacent to an activating group) is 1. The van der Waals surface area contributed by atoms with Gasteiger partial charge in [0, 0.05) is 17.8 Å². The van der Waals surface area contributed by atoms with E-state index in [1.54, 1.807) is 4.90 Å². The number of carbonyl (C=O) groups is 2. The van der Waals surface area contributed by atoms with E-state index in [4.69, 9.17) is 0 Å². The minimum Gasteiger partial charge on any atom is -0.480 e. The highest BCUT2D eigenvalue weighted by molar-refractivity contribution is 5.94. The van der Waals surface area contributed by atoms with Gasteiger partial charge in [0.2, 0.25) is 5.91 Å². The number of benzene rings is 1. The number of hydrogen-bond donors (Lipinski definition) is 2. The fourth-order valence-corrected chi connectivity index (χ4v) is 2.12. The lowest BCUT2D eigenvalue weighted by atomic mass is 10.1. The van der Waals surface area contributed by atoms with Gasteiger partial charge in [-0.3, -0.25) is 24.6 Å². The Balaban J connectivity index is 2.77. The third-order valence-electron chi connectivity index (χ3n) is 3.26. The normalized spacial score (nSPS) is 12.0. The van der Waals surface area contributed by atoms with E-state index in [9.17, 15) is 24.8 Å². The highest BCUT2D eigenvalue weighted by Crippen LogP contribution is 2.17. The molecular formula is C14H19N3O5. The molecule has 0 aromatic heterocycles. The standard InChI is InChI=1S/C14H19N3O5/c1-3-16(4-2)12(14(19)20)9-13(18)15-10-6-5-7-11(8-10)17(21)22/h5-8,12H,3-4,9H2,1-2H3,(H,15,18)(H,19,20). The van der Waals surface area contributed by atoms with Gasteiger partial charge in [-0.25, -0.2) is 0 Å². The Bertz CT molecular complexity index is 557. The molecule has 1 aromatic carbocycles. The number of carboxylic acids is 1. The molecule has 0 aliphatic rings. The van der Waals surface area contributed by atoms with Crippen molar-refractivity contribution in [2.24, 2.45) is 0 Å². The predicted octanol–water partition coefficient (Wildman–Crippen LogP) is 1.72. The summed E-state index contributed by atoms with van der Waals surface area (Å²) >= 11 is 0. The maximum atomic E-state index is 12.0. The molecule has 0 saturated heterocycles. The predicted molar refractivity (Wildman–Crippen MR) is 80.7 cm³/mol. The third-order valence-corrected chi connectivity index (χ3v) is 3.26. The number of aliphatic carboxylic acids is 1. The number of nitrogens with one attached hydrogen (secondary N) is 1. The summed E-state index contributed by atoms with van der Waals surface area (Å²) in [7, 11) is 0. The molecule has 22 heavy (non-hydrogen) atoms. The van der Waals surface area contributed by atoms with Crippen molar-refractivity contribution < 1.29 is 19.6 Å². The SMILES string of the molecule is CCN(CC)C(CC(=O)Nc1cccc([N+](=O)[O-])c1)C(=O)O. The molecule has 2 N–H and O–H groups in total. The largest absolute Gasteiger partial charge is 0.480 e. The molecule has 1 rings (SSSR count). The second kappa shape index (κ2) is 8.08. The van der Waals surface area contributed by atoms with Gasteiger partial charge < -0.3 is 10.4 Å². The van der Waals surface area contributed by atoms with Crippen molar-refractivity contribution in [2.75, 3.05) is 18.4 Å². The highest BCUT2D eigenvalue weighted by atomic mass is 16.6. The molecule has 0 aliphatic carbocycles. The summed E-state index contributed by atoms with van der Waals surface area (Å²) in [5.74, 6) is -1.57. The van der Waals surface area contributed by atoms with Crippen molar-refractivity contribution >= 4 is 23.3 Å². The van der Waals surface area contributed by atoms with Gasteiger partial charge in [0.25, 0.3) is 5.69 Å². The van der Waals surface area contributed by atoms with E-state index >= 15 is 0 Å². The Morgan fingerprint density at radius 2 is 2.00 bits per heavy atom. The summed E-state index contributed by atoms with van der Waals surface area (Å²) < 4.78 is 0. The highest BCUT2D eigenvalue weighted by Gasteiger charge is 2.26. The van der Waals surface area contributed by atoms with Crippen LogP contribution in [0.25, 0.3) is 0 Å². The molecule has 0 radical (unpaired) electrons. The number of rotatable bonds is 8.